The molecule has 0 spiro atoms. The summed E-state index contributed by atoms with van der Waals surface area (Å²) in [4.78, 5) is 28.1. The molecule has 5 nitrogen and oxygen atoms in total. The summed E-state index contributed by atoms with van der Waals surface area (Å²) in [5, 5.41) is 4.60. The molecule has 118 valence electrons. The summed E-state index contributed by atoms with van der Waals surface area (Å²) in [7, 11) is 0. The van der Waals surface area contributed by atoms with Gasteiger partial charge < -0.3 is 5.32 Å². The Morgan fingerprint density at radius 2 is 2.00 bits per heavy atom. The van der Waals surface area contributed by atoms with Crippen molar-refractivity contribution in [2.75, 3.05) is 0 Å². The van der Waals surface area contributed by atoms with Crippen LogP contribution in [0, 0.1) is 0 Å². The van der Waals surface area contributed by atoms with Crippen LogP contribution in [0.25, 0.3) is 0 Å². The van der Waals surface area contributed by atoms with E-state index in [0.29, 0.717) is 0 Å². The highest BCUT2D eigenvalue weighted by molar-refractivity contribution is 8.39. The fourth-order valence-electron chi connectivity index (χ4n) is 1.79. The van der Waals surface area contributed by atoms with Crippen LogP contribution in [0.2, 0.25) is 0 Å². The number of imide groups is 1. The van der Waals surface area contributed by atoms with E-state index in [4.69, 9.17) is 0 Å². The van der Waals surface area contributed by atoms with Gasteiger partial charge in [0.05, 0.1) is 10.9 Å². The zero-order valence-electron chi connectivity index (χ0n) is 12.8. The number of aliphatic imine (C=N–C) groups is 1. The molecule has 0 fully saturated rings. The number of hydrogen-bond acceptors (Lipinski definition) is 5. The van der Waals surface area contributed by atoms with E-state index < -0.39 is 6.03 Å². The summed E-state index contributed by atoms with van der Waals surface area (Å²) in [6.45, 7) is 5.45. The van der Waals surface area contributed by atoms with Crippen LogP contribution in [0.3, 0.4) is 0 Å². The van der Waals surface area contributed by atoms with E-state index in [1.807, 2.05) is 32.0 Å². The standard InChI is InChI=1S/C15H19N3O2S2/c1-9(2)16-14(20)18-13(19)10(3)22-15-17-12-7-5-4-6-11(12)8-21-15/h4-7,9-10H,8H2,1-3H3,(H2,16,18,19,20). The van der Waals surface area contributed by atoms with Gasteiger partial charge in [-0.1, -0.05) is 41.7 Å². The minimum absolute atomic E-state index is 0.00876. The second-order valence-electron chi connectivity index (χ2n) is 5.17. The maximum atomic E-state index is 12.0. The molecule has 0 aliphatic carbocycles. The molecule has 1 heterocycles. The number of para-hydroxylation sites is 1. The monoisotopic (exact) mass is 337 g/mol. The van der Waals surface area contributed by atoms with Crippen LogP contribution in [0.1, 0.15) is 26.3 Å². The highest BCUT2D eigenvalue weighted by Gasteiger charge is 2.21. The summed E-state index contributed by atoms with van der Waals surface area (Å²) in [5.74, 6) is 0.537. The Hall–Kier alpha value is -1.47. The number of urea groups is 1. The first-order valence-electron chi connectivity index (χ1n) is 7.03. The van der Waals surface area contributed by atoms with Crippen molar-refractivity contribution in [1.29, 1.82) is 0 Å². The van der Waals surface area contributed by atoms with Crippen LogP contribution in [0.5, 0.6) is 0 Å². The maximum absolute atomic E-state index is 12.0. The van der Waals surface area contributed by atoms with Crippen LogP contribution < -0.4 is 10.6 Å². The van der Waals surface area contributed by atoms with Crippen molar-refractivity contribution >= 4 is 45.5 Å². The third-order valence-corrected chi connectivity index (χ3v) is 5.15. The molecular weight excluding hydrogens is 318 g/mol. The van der Waals surface area contributed by atoms with Crippen LogP contribution in [-0.2, 0) is 10.5 Å². The largest absolute Gasteiger partial charge is 0.336 e. The molecule has 1 atom stereocenters. The van der Waals surface area contributed by atoms with Crippen molar-refractivity contribution in [2.24, 2.45) is 4.99 Å². The van der Waals surface area contributed by atoms with Gasteiger partial charge in [0.15, 0.2) is 0 Å². The predicted octanol–water partition coefficient (Wildman–Crippen LogP) is 3.28. The Kier molecular flexibility index (Phi) is 5.90. The second kappa shape index (κ2) is 7.69. The Bertz CT molecular complexity index is 602. The van der Waals surface area contributed by atoms with E-state index in [-0.39, 0.29) is 17.2 Å². The number of carbonyl (C=O) groups excluding carboxylic acids is 2. The smallest absolute Gasteiger partial charge is 0.321 e. The number of hydrogen-bond donors (Lipinski definition) is 2. The van der Waals surface area contributed by atoms with Gasteiger partial charge in [-0.25, -0.2) is 9.79 Å². The van der Waals surface area contributed by atoms with Gasteiger partial charge in [-0.3, -0.25) is 10.1 Å². The molecule has 1 aromatic carbocycles. The van der Waals surface area contributed by atoms with Crippen molar-refractivity contribution in [2.45, 2.75) is 37.8 Å². The summed E-state index contributed by atoms with van der Waals surface area (Å²) < 4.78 is 0.852. The fourth-order valence-corrected chi connectivity index (χ4v) is 3.98. The first-order valence-corrected chi connectivity index (χ1v) is 8.89. The molecule has 0 radical (unpaired) electrons. The number of nitrogens with one attached hydrogen (secondary N) is 2. The van der Waals surface area contributed by atoms with Gasteiger partial charge in [0, 0.05) is 11.8 Å². The summed E-state index contributed by atoms with van der Waals surface area (Å²) in [6, 6.07) is 7.50. The molecule has 0 bridgehead atoms. The number of amides is 3. The lowest BCUT2D eigenvalue weighted by Gasteiger charge is -2.17. The van der Waals surface area contributed by atoms with Crippen molar-refractivity contribution in [3.05, 3.63) is 29.8 Å². The molecule has 2 rings (SSSR count). The average molecular weight is 337 g/mol. The molecule has 1 aliphatic rings. The molecule has 0 saturated heterocycles. The van der Waals surface area contributed by atoms with Crippen molar-refractivity contribution in [3.63, 3.8) is 0 Å². The molecule has 3 amide bonds. The highest BCUT2D eigenvalue weighted by Crippen LogP contribution is 2.35. The van der Waals surface area contributed by atoms with Gasteiger partial charge in [0.25, 0.3) is 0 Å². The summed E-state index contributed by atoms with van der Waals surface area (Å²) >= 11 is 2.99. The Morgan fingerprint density at radius 3 is 2.73 bits per heavy atom. The Balaban J connectivity index is 1.92. The van der Waals surface area contributed by atoms with E-state index in [1.165, 1.54) is 17.3 Å². The van der Waals surface area contributed by atoms with Gasteiger partial charge in [0.1, 0.15) is 4.38 Å². The molecule has 1 aliphatic heterocycles. The highest BCUT2D eigenvalue weighted by atomic mass is 32.2. The van der Waals surface area contributed by atoms with E-state index in [2.05, 4.69) is 21.7 Å². The number of thioether (sulfide) groups is 2. The SMILES string of the molecule is CC(C)NC(=O)NC(=O)C(C)SC1=Nc2ccccc2CS1. The van der Waals surface area contributed by atoms with Gasteiger partial charge in [-0.15, -0.1) is 0 Å². The molecule has 22 heavy (non-hydrogen) atoms. The lowest BCUT2D eigenvalue weighted by Crippen LogP contribution is -2.45. The zero-order valence-corrected chi connectivity index (χ0v) is 14.4. The van der Waals surface area contributed by atoms with Crippen molar-refractivity contribution in [1.82, 2.24) is 10.6 Å². The lowest BCUT2D eigenvalue weighted by molar-refractivity contribution is -0.119. The topological polar surface area (TPSA) is 70.6 Å². The third-order valence-electron chi connectivity index (χ3n) is 2.86. The lowest BCUT2D eigenvalue weighted by atomic mass is 10.2. The number of carbonyl (C=O) groups is 2. The van der Waals surface area contributed by atoms with E-state index in [1.54, 1.807) is 18.7 Å². The van der Waals surface area contributed by atoms with Crippen LogP contribution in [-0.4, -0.2) is 27.6 Å². The average Bonchev–Trinajstić information content (AvgIpc) is 2.46. The van der Waals surface area contributed by atoms with E-state index >= 15 is 0 Å². The third kappa shape index (κ3) is 4.78. The quantitative estimate of drug-likeness (QED) is 0.888. The molecular formula is C15H19N3O2S2. The van der Waals surface area contributed by atoms with Crippen molar-refractivity contribution in [3.8, 4) is 0 Å². The van der Waals surface area contributed by atoms with Crippen LogP contribution in [0.4, 0.5) is 10.5 Å². The number of fused-ring (bicyclic) bond motifs is 1. The molecule has 1 aromatic rings. The van der Waals surface area contributed by atoms with E-state index in [9.17, 15) is 9.59 Å². The first kappa shape index (κ1) is 16.9. The first-order chi connectivity index (χ1) is 10.5. The van der Waals surface area contributed by atoms with Gasteiger partial charge in [-0.2, -0.15) is 0 Å². The van der Waals surface area contributed by atoms with Crippen LogP contribution in [0.15, 0.2) is 29.3 Å². The van der Waals surface area contributed by atoms with Crippen molar-refractivity contribution < 1.29 is 9.59 Å². The van der Waals surface area contributed by atoms with Gasteiger partial charge in [-0.05, 0) is 32.4 Å². The molecule has 0 saturated carbocycles. The van der Waals surface area contributed by atoms with Gasteiger partial charge >= 0.3 is 6.03 Å². The van der Waals surface area contributed by atoms with E-state index in [0.717, 1.165) is 15.8 Å². The second-order valence-corrected chi connectivity index (χ2v) is 7.72. The maximum Gasteiger partial charge on any atom is 0.321 e. The molecule has 7 heteroatoms. The predicted molar refractivity (Wildman–Crippen MR) is 93.7 cm³/mol. The summed E-state index contributed by atoms with van der Waals surface area (Å²) in [5.41, 5.74) is 2.15. The molecule has 1 unspecified atom stereocenters. The van der Waals surface area contributed by atoms with Crippen LogP contribution >= 0.6 is 23.5 Å². The fraction of sp³-hybridized carbons (Fsp3) is 0.400. The zero-order chi connectivity index (χ0) is 16.1. The normalized spacial score (nSPS) is 14.8. The summed E-state index contributed by atoms with van der Waals surface area (Å²) in [6.07, 6.45) is 0. The minimum atomic E-state index is -0.462. The number of rotatable bonds is 3. The number of nitrogens with zero attached hydrogens (tertiary/aromatic N) is 1. The van der Waals surface area contributed by atoms with Gasteiger partial charge in [0.2, 0.25) is 5.91 Å². The Labute approximate surface area is 138 Å². The Morgan fingerprint density at radius 1 is 1.27 bits per heavy atom. The molecule has 0 aromatic heterocycles. The molecule has 2 N–H and O–H groups in total. The number of benzene rings is 1. The minimum Gasteiger partial charge on any atom is -0.336 e.